The van der Waals surface area contributed by atoms with Gasteiger partial charge in [0.25, 0.3) is 0 Å². The Morgan fingerprint density at radius 2 is 1.82 bits per heavy atom. The lowest BCUT2D eigenvalue weighted by atomic mass is 9.42. The molecule has 4 unspecified atom stereocenters. The van der Waals surface area contributed by atoms with Crippen molar-refractivity contribution >= 4 is 5.91 Å². The molecular weight excluding hydrogens is 344 g/mol. The highest BCUT2D eigenvalue weighted by Gasteiger charge is 2.62. The van der Waals surface area contributed by atoms with E-state index in [0.29, 0.717) is 24.4 Å². The number of aryl methyl sites for hydroxylation is 2. The monoisotopic (exact) mass is 380 g/mol. The molecule has 1 amide bonds. The number of likely N-dealkylation sites (tertiary alicyclic amines) is 1. The number of hydrogen-bond acceptors (Lipinski definition) is 2. The highest BCUT2D eigenvalue weighted by Crippen LogP contribution is 2.66. The molecule has 4 saturated carbocycles. The number of carbonyl (C=O) groups excluding carboxylic acids is 1. The topological polar surface area (TPSA) is 46.3 Å². The lowest BCUT2D eigenvalue weighted by Gasteiger charge is -2.62. The second-order valence-electron chi connectivity index (χ2n) is 11.0. The van der Waals surface area contributed by atoms with E-state index >= 15 is 0 Å². The summed E-state index contributed by atoms with van der Waals surface area (Å²) in [6.45, 7) is 8.25. The number of amides is 1. The number of benzene rings is 1. The molecule has 2 N–H and O–H groups in total. The molecule has 1 aromatic carbocycles. The van der Waals surface area contributed by atoms with Gasteiger partial charge >= 0.3 is 0 Å². The van der Waals surface area contributed by atoms with E-state index in [9.17, 15) is 4.79 Å². The van der Waals surface area contributed by atoms with Crippen LogP contribution in [0.2, 0.25) is 0 Å². The normalized spacial score (nSPS) is 41.6. The van der Waals surface area contributed by atoms with Crippen LogP contribution >= 0.6 is 0 Å². The van der Waals surface area contributed by atoms with Crippen LogP contribution in [0.25, 0.3) is 0 Å². The second kappa shape index (κ2) is 6.32. The maximum atomic E-state index is 14.0. The Hall–Kier alpha value is -1.35. The minimum Gasteiger partial charge on any atom is -0.339 e. The first kappa shape index (κ1) is 18.7. The van der Waals surface area contributed by atoms with Crippen molar-refractivity contribution < 1.29 is 4.79 Å². The third-order valence-corrected chi connectivity index (χ3v) is 8.89. The summed E-state index contributed by atoms with van der Waals surface area (Å²) in [5.41, 5.74) is 10.3. The molecule has 1 heterocycles. The molecule has 1 saturated heterocycles. The fourth-order valence-electron chi connectivity index (χ4n) is 7.82. The Bertz CT molecular complexity index is 786. The number of rotatable bonds is 3. The van der Waals surface area contributed by atoms with Gasteiger partial charge in [-0.3, -0.25) is 4.79 Å². The maximum Gasteiger partial charge on any atom is 0.229 e. The van der Waals surface area contributed by atoms with E-state index in [1.54, 1.807) is 0 Å². The third kappa shape index (κ3) is 2.69. The molecule has 0 radical (unpaired) electrons. The summed E-state index contributed by atoms with van der Waals surface area (Å²) in [7, 11) is 0. The molecule has 1 aromatic rings. The van der Waals surface area contributed by atoms with Crippen LogP contribution in [0.3, 0.4) is 0 Å². The van der Waals surface area contributed by atoms with Gasteiger partial charge < -0.3 is 10.6 Å². The van der Waals surface area contributed by atoms with Gasteiger partial charge in [0, 0.05) is 12.6 Å². The predicted molar refractivity (Wildman–Crippen MR) is 113 cm³/mol. The van der Waals surface area contributed by atoms with Gasteiger partial charge in [0.15, 0.2) is 0 Å². The van der Waals surface area contributed by atoms with Crippen LogP contribution in [0.1, 0.15) is 68.6 Å². The van der Waals surface area contributed by atoms with Gasteiger partial charge in [-0.05, 0) is 112 Å². The van der Waals surface area contributed by atoms with Gasteiger partial charge in [-0.25, -0.2) is 0 Å². The molecule has 4 aliphatic carbocycles. The second-order valence-corrected chi connectivity index (χ2v) is 11.0. The van der Waals surface area contributed by atoms with Crippen LogP contribution in [0.4, 0.5) is 0 Å². The summed E-state index contributed by atoms with van der Waals surface area (Å²) >= 11 is 0. The summed E-state index contributed by atoms with van der Waals surface area (Å²) in [4.78, 5) is 16.2. The van der Waals surface area contributed by atoms with Gasteiger partial charge in [0.1, 0.15) is 0 Å². The summed E-state index contributed by atoms with van der Waals surface area (Å²) in [6.07, 6.45) is 8.35. The van der Waals surface area contributed by atoms with E-state index in [-0.39, 0.29) is 10.8 Å². The smallest absolute Gasteiger partial charge is 0.229 e. The molecule has 6 rings (SSSR count). The summed E-state index contributed by atoms with van der Waals surface area (Å²) < 4.78 is 0. The van der Waals surface area contributed by atoms with E-state index < -0.39 is 0 Å². The standard InChI is InChI=1S/C25H36N2O/c1-16-4-5-22(6-17(16)2)24-9-19-8-20(10-24)12-25(11-19,15-24)23(28)27-14-21(13-26)7-18(27)3/h4-6,18-21H,7-15,26H2,1-3H3. The van der Waals surface area contributed by atoms with Crippen molar-refractivity contribution in [2.24, 2.45) is 28.9 Å². The Morgan fingerprint density at radius 1 is 1.11 bits per heavy atom. The molecule has 0 spiro atoms. The first-order valence-corrected chi connectivity index (χ1v) is 11.4. The largest absolute Gasteiger partial charge is 0.339 e. The lowest BCUT2D eigenvalue weighted by molar-refractivity contribution is -0.161. The zero-order valence-corrected chi connectivity index (χ0v) is 17.8. The lowest BCUT2D eigenvalue weighted by Crippen LogP contribution is -2.60. The fourth-order valence-corrected chi connectivity index (χ4v) is 7.82. The van der Waals surface area contributed by atoms with Crippen LogP contribution < -0.4 is 5.73 Å². The average molecular weight is 381 g/mol. The highest BCUT2D eigenvalue weighted by atomic mass is 16.2. The van der Waals surface area contributed by atoms with Crippen LogP contribution in [0.5, 0.6) is 0 Å². The number of nitrogens with zero attached hydrogens (tertiary/aromatic N) is 1. The first-order valence-electron chi connectivity index (χ1n) is 11.4. The Balaban J connectivity index is 1.49. The van der Waals surface area contributed by atoms with E-state index in [1.165, 1.54) is 36.0 Å². The van der Waals surface area contributed by atoms with Crippen LogP contribution in [0, 0.1) is 37.0 Å². The Labute approximate surface area is 170 Å². The summed E-state index contributed by atoms with van der Waals surface area (Å²) in [6, 6.07) is 7.46. The highest BCUT2D eigenvalue weighted by molar-refractivity contribution is 5.84. The number of hydrogen-bond donors (Lipinski definition) is 1. The van der Waals surface area contributed by atoms with Crippen LogP contribution in [-0.4, -0.2) is 29.9 Å². The molecule has 3 nitrogen and oxygen atoms in total. The molecule has 4 bridgehead atoms. The fraction of sp³-hybridized carbons (Fsp3) is 0.720. The molecule has 5 aliphatic rings. The van der Waals surface area contributed by atoms with E-state index in [1.807, 2.05) is 0 Å². The minimum absolute atomic E-state index is 0.110. The minimum atomic E-state index is -0.110. The summed E-state index contributed by atoms with van der Waals surface area (Å²) in [5, 5.41) is 0. The van der Waals surface area contributed by atoms with E-state index in [0.717, 1.165) is 44.1 Å². The van der Waals surface area contributed by atoms with E-state index in [4.69, 9.17) is 5.73 Å². The molecule has 3 heteroatoms. The van der Waals surface area contributed by atoms with Crippen LogP contribution in [-0.2, 0) is 10.2 Å². The molecule has 28 heavy (non-hydrogen) atoms. The van der Waals surface area contributed by atoms with Crippen molar-refractivity contribution in [1.29, 1.82) is 0 Å². The Morgan fingerprint density at radius 3 is 2.43 bits per heavy atom. The van der Waals surface area contributed by atoms with Crippen molar-refractivity contribution in [3.05, 3.63) is 34.9 Å². The van der Waals surface area contributed by atoms with Crippen molar-refractivity contribution in [1.82, 2.24) is 4.90 Å². The molecule has 5 fully saturated rings. The Kier molecular flexibility index (Phi) is 4.21. The van der Waals surface area contributed by atoms with Crippen LogP contribution in [0.15, 0.2) is 18.2 Å². The quantitative estimate of drug-likeness (QED) is 0.848. The molecule has 0 aromatic heterocycles. The average Bonchev–Trinajstić information content (AvgIpc) is 3.03. The predicted octanol–water partition coefficient (Wildman–Crippen LogP) is 4.34. The number of nitrogens with two attached hydrogens (primary N) is 1. The van der Waals surface area contributed by atoms with Gasteiger partial charge in [0.2, 0.25) is 5.91 Å². The van der Waals surface area contributed by atoms with Gasteiger partial charge in [-0.2, -0.15) is 0 Å². The van der Waals surface area contributed by atoms with Gasteiger partial charge in [0.05, 0.1) is 5.41 Å². The zero-order valence-electron chi connectivity index (χ0n) is 17.8. The van der Waals surface area contributed by atoms with Crippen molar-refractivity contribution in [3.63, 3.8) is 0 Å². The van der Waals surface area contributed by atoms with Crippen molar-refractivity contribution in [2.45, 2.75) is 77.2 Å². The van der Waals surface area contributed by atoms with Crippen molar-refractivity contribution in [3.8, 4) is 0 Å². The zero-order chi connectivity index (χ0) is 19.7. The van der Waals surface area contributed by atoms with Gasteiger partial charge in [-0.15, -0.1) is 0 Å². The first-order chi connectivity index (χ1) is 13.3. The maximum absolute atomic E-state index is 14.0. The van der Waals surface area contributed by atoms with Crippen molar-refractivity contribution in [2.75, 3.05) is 13.1 Å². The SMILES string of the molecule is Cc1ccc(C23CC4CC(CC(C(=O)N5CC(CN)CC5C)(C4)C2)C3)cc1C. The van der Waals surface area contributed by atoms with E-state index in [2.05, 4.69) is 43.9 Å². The molecule has 4 atom stereocenters. The molecule has 1 aliphatic heterocycles. The molecular formula is C25H36N2O. The third-order valence-electron chi connectivity index (χ3n) is 8.89. The molecule has 152 valence electrons. The number of carbonyl (C=O) groups is 1. The summed E-state index contributed by atoms with van der Waals surface area (Å²) in [5.74, 6) is 2.42. The van der Waals surface area contributed by atoms with Gasteiger partial charge in [-0.1, -0.05) is 18.2 Å².